The molecule has 0 aliphatic carbocycles. The Labute approximate surface area is 179 Å². The van der Waals surface area contributed by atoms with E-state index in [1.807, 2.05) is 36.4 Å². The summed E-state index contributed by atoms with van der Waals surface area (Å²) in [5.74, 6) is 1.50. The summed E-state index contributed by atoms with van der Waals surface area (Å²) in [6, 6.07) is 11.8. The summed E-state index contributed by atoms with van der Waals surface area (Å²) < 4.78 is 1.76. The number of carbonyl (C=O) groups is 1. The molecule has 1 aliphatic rings. The van der Waals surface area contributed by atoms with E-state index >= 15 is 0 Å². The first-order valence-corrected chi connectivity index (χ1v) is 9.59. The molecule has 6 nitrogen and oxygen atoms in total. The predicted molar refractivity (Wildman–Crippen MR) is 119 cm³/mol. The number of amides is 1. The van der Waals surface area contributed by atoms with Gasteiger partial charge in [-0.3, -0.25) is 4.79 Å². The summed E-state index contributed by atoms with van der Waals surface area (Å²) in [4.78, 5) is 12.0. The molecule has 0 saturated carbocycles. The lowest BCUT2D eigenvalue weighted by Crippen LogP contribution is -2.29. The lowest BCUT2D eigenvalue weighted by Gasteiger charge is -2.22. The van der Waals surface area contributed by atoms with Crippen molar-refractivity contribution in [1.29, 1.82) is 0 Å². The summed E-state index contributed by atoms with van der Waals surface area (Å²) >= 11 is 0. The number of anilines is 1. The van der Waals surface area contributed by atoms with Gasteiger partial charge in [0, 0.05) is 19.0 Å². The van der Waals surface area contributed by atoms with Gasteiger partial charge in [-0.15, -0.1) is 24.8 Å². The van der Waals surface area contributed by atoms with E-state index < -0.39 is 0 Å². The largest absolute Gasteiger partial charge is 0.384 e. The van der Waals surface area contributed by atoms with Crippen LogP contribution in [0.5, 0.6) is 0 Å². The molecule has 1 aromatic heterocycles. The van der Waals surface area contributed by atoms with Crippen LogP contribution in [0.3, 0.4) is 0 Å². The maximum absolute atomic E-state index is 12.0. The molecule has 8 heteroatoms. The fourth-order valence-corrected chi connectivity index (χ4v) is 3.44. The van der Waals surface area contributed by atoms with Crippen LogP contribution in [0.1, 0.15) is 37.8 Å². The third-order valence-corrected chi connectivity index (χ3v) is 4.96. The van der Waals surface area contributed by atoms with Gasteiger partial charge in [0.25, 0.3) is 0 Å². The number of carbonyl (C=O) groups excluding carboxylic acids is 1. The first-order valence-electron chi connectivity index (χ1n) is 9.59. The number of hydrogen-bond acceptors (Lipinski definition) is 4. The average molecular weight is 428 g/mol. The number of aromatic nitrogens is 2. The molecule has 1 aromatic carbocycles. The van der Waals surface area contributed by atoms with Crippen LogP contribution < -0.4 is 16.4 Å². The quantitative estimate of drug-likeness (QED) is 0.564. The molecule has 0 spiro atoms. The molecule has 1 saturated heterocycles. The SMILES string of the molecule is Cl.Cl.Nc1cc(CCCNC(=O)CCC2CCNCC2)nn1-c1ccccc1. The molecule has 3 rings (SSSR count). The predicted octanol–water partition coefficient (Wildman–Crippen LogP) is 3.13. The fraction of sp³-hybridized carbons (Fsp3) is 0.500. The molecule has 0 atom stereocenters. The van der Waals surface area contributed by atoms with Gasteiger partial charge in [0.2, 0.25) is 5.91 Å². The van der Waals surface area contributed by atoms with E-state index in [4.69, 9.17) is 5.73 Å². The van der Waals surface area contributed by atoms with Crippen LogP contribution in [0.25, 0.3) is 5.69 Å². The van der Waals surface area contributed by atoms with Gasteiger partial charge in [0.05, 0.1) is 11.4 Å². The van der Waals surface area contributed by atoms with Crippen LogP contribution in [-0.2, 0) is 11.2 Å². The number of nitrogen functional groups attached to an aromatic ring is 1. The van der Waals surface area contributed by atoms with E-state index in [1.54, 1.807) is 4.68 Å². The van der Waals surface area contributed by atoms with Crippen molar-refractivity contribution >= 4 is 36.5 Å². The minimum atomic E-state index is 0. The van der Waals surface area contributed by atoms with Gasteiger partial charge in [0.1, 0.15) is 5.82 Å². The Bertz CT molecular complexity index is 702. The number of benzene rings is 1. The summed E-state index contributed by atoms with van der Waals surface area (Å²) in [6.45, 7) is 2.86. The Morgan fingerprint density at radius 2 is 1.93 bits per heavy atom. The highest BCUT2D eigenvalue weighted by Crippen LogP contribution is 2.17. The molecular formula is C20H31Cl2N5O. The van der Waals surface area contributed by atoms with Crippen LogP contribution in [0.2, 0.25) is 0 Å². The number of nitrogens with one attached hydrogen (secondary N) is 2. The van der Waals surface area contributed by atoms with E-state index in [1.165, 1.54) is 12.8 Å². The van der Waals surface area contributed by atoms with E-state index in [2.05, 4.69) is 15.7 Å². The van der Waals surface area contributed by atoms with Crippen LogP contribution in [0, 0.1) is 5.92 Å². The molecule has 0 unspecified atom stereocenters. The van der Waals surface area contributed by atoms with Gasteiger partial charge in [0.15, 0.2) is 0 Å². The summed E-state index contributed by atoms with van der Waals surface area (Å²) in [6.07, 6.45) is 5.70. The van der Waals surface area contributed by atoms with Crippen molar-refractivity contribution in [2.75, 3.05) is 25.4 Å². The summed E-state index contributed by atoms with van der Waals surface area (Å²) in [5, 5.41) is 11.0. The molecule has 4 N–H and O–H groups in total. The van der Waals surface area contributed by atoms with Crippen molar-refractivity contribution in [2.24, 2.45) is 5.92 Å². The van der Waals surface area contributed by atoms with E-state index in [0.717, 1.165) is 43.7 Å². The number of halogens is 2. The van der Waals surface area contributed by atoms with E-state index in [9.17, 15) is 4.79 Å². The fourth-order valence-electron chi connectivity index (χ4n) is 3.44. The van der Waals surface area contributed by atoms with Crippen molar-refractivity contribution in [2.45, 2.75) is 38.5 Å². The molecule has 0 bridgehead atoms. The molecule has 2 aromatic rings. The van der Waals surface area contributed by atoms with E-state index in [-0.39, 0.29) is 30.7 Å². The summed E-state index contributed by atoms with van der Waals surface area (Å²) in [5.41, 5.74) is 7.98. The minimum Gasteiger partial charge on any atom is -0.384 e. The standard InChI is InChI=1S/C20H29N5O.2ClH/c21-19-15-17(24-25(19)18-6-2-1-3-7-18)5-4-12-23-20(26)9-8-16-10-13-22-14-11-16;;/h1-3,6-7,15-16,22H,4-5,8-14,21H2,(H,23,26);2*1H. The van der Waals surface area contributed by atoms with Gasteiger partial charge in [-0.1, -0.05) is 18.2 Å². The number of nitrogens with two attached hydrogens (primary N) is 1. The second-order valence-electron chi connectivity index (χ2n) is 6.99. The first-order chi connectivity index (χ1) is 12.7. The molecule has 0 radical (unpaired) electrons. The number of rotatable bonds is 8. The number of hydrogen-bond donors (Lipinski definition) is 3. The number of aryl methyl sites for hydroxylation is 1. The van der Waals surface area contributed by atoms with Gasteiger partial charge >= 0.3 is 0 Å². The monoisotopic (exact) mass is 427 g/mol. The van der Waals surface area contributed by atoms with Gasteiger partial charge in [-0.05, 0) is 63.2 Å². The van der Waals surface area contributed by atoms with Gasteiger partial charge in [-0.2, -0.15) is 5.10 Å². The van der Waals surface area contributed by atoms with Crippen molar-refractivity contribution in [1.82, 2.24) is 20.4 Å². The van der Waals surface area contributed by atoms with E-state index in [0.29, 0.717) is 24.7 Å². The highest BCUT2D eigenvalue weighted by atomic mass is 35.5. The molecule has 28 heavy (non-hydrogen) atoms. The van der Waals surface area contributed by atoms with Crippen molar-refractivity contribution in [3.05, 3.63) is 42.1 Å². The molecule has 1 amide bonds. The smallest absolute Gasteiger partial charge is 0.220 e. The Morgan fingerprint density at radius 1 is 1.21 bits per heavy atom. The maximum Gasteiger partial charge on any atom is 0.220 e. The third-order valence-electron chi connectivity index (χ3n) is 4.96. The molecule has 1 fully saturated rings. The first kappa shape index (κ1) is 24.3. The highest BCUT2D eigenvalue weighted by Gasteiger charge is 2.14. The second-order valence-corrected chi connectivity index (χ2v) is 6.99. The normalized spacial score (nSPS) is 14.0. The second kappa shape index (κ2) is 12.6. The van der Waals surface area contributed by atoms with Gasteiger partial charge in [-0.25, -0.2) is 4.68 Å². The topological polar surface area (TPSA) is 85.0 Å². The van der Waals surface area contributed by atoms with Crippen molar-refractivity contribution < 1.29 is 4.79 Å². The highest BCUT2D eigenvalue weighted by molar-refractivity contribution is 5.85. The Balaban J connectivity index is 0.00000196. The molecule has 156 valence electrons. The van der Waals surface area contributed by atoms with Gasteiger partial charge < -0.3 is 16.4 Å². The Kier molecular flexibility index (Phi) is 11.0. The van der Waals surface area contributed by atoms with Crippen molar-refractivity contribution in [3.8, 4) is 5.69 Å². The van der Waals surface area contributed by atoms with Crippen LogP contribution >= 0.6 is 24.8 Å². The summed E-state index contributed by atoms with van der Waals surface area (Å²) in [7, 11) is 0. The number of piperidine rings is 1. The maximum atomic E-state index is 12.0. The number of nitrogens with zero attached hydrogens (tertiary/aromatic N) is 2. The molecular weight excluding hydrogens is 397 g/mol. The zero-order chi connectivity index (χ0) is 18.2. The third kappa shape index (κ3) is 7.34. The van der Waals surface area contributed by atoms with Crippen LogP contribution in [0.15, 0.2) is 36.4 Å². The minimum absolute atomic E-state index is 0. The zero-order valence-corrected chi connectivity index (χ0v) is 17.7. The number of para-hydroxylation sites is 1. The Morgan fingerprint density at radius 3 is 2.64 bits per heavy atom. The van der Waals surface area contributed by atoms with Crippen LogP contribution in [-0.4, -0.2) is 35.3 Å². The lowest BCUT2D eigenvalue weighted by atomic mass is 9.93. The zero-order valence-electron chi connectivity index (χ0n) is 16.1. The van der Waals surface area contributed by atoms with Crippen molar-refractivity contribution in [3.63, 3.8) is 0 Å². The molecule has 1 aliphatic heterocycles. The molecule has 2 heterocycles. The van der Waals surface area contributed by atoms with Crippen LogP contribution in [0.4, 0.5) is 5.82 Å². The average Bonchev–Trinajstić information content (AvgIpc) is 3.06. The Hall–Kier alpha value is -1.76. The lowest BCUT2D eigenvalue weighted by molar-refractivity contribution is -0.121.